The van der Waals surface area contributed by atoms with Gasteiger partial charge in [0.1, 0.15) is 23.9 Å². The summed E-state index contributed by atoms with van der Waals surface area (Å²) in [5, 5.41) is 3.33. The van der Waals surface area contributed by atoms with Crippen LogP contribution in [0.15, 0.2) is 60.9 Å². The molecule has 0 saturated carbocycles. The van der Waals surface area contributed by atoms with Crippen molar-refractivity contribution in [3.63, 3.8) is 0 Å². The van der Waals surface area contributed by atoms with Crippen molar-refractivity contribution in [3.8, 4) is 22.6 Å². The van der Waals surface area contributed by atoms with E-state index in [1.54, 1.807) is 49.8 Å². The third-order valence-electron chi connectivity index (χ3n) is 5.14. The number of ether oxygens (including phenoxy) is 2. The van der Waals surface area contributed by atoms with E-state index in [9.17, 15) is 9.59 Å². The van der Waals surface area contributed by atoms with Crippen LogP contribution in [0.25, 0.3) is 17.2 Å². The van der Waals surface area contributed by atoms with Crippen molar-refractivity contribution in [1.82, 2.24) is 10.3 Å². The minimum absolute atomic E-state index is 0.212. The zero-order chi connectivity index (χ0) is 22.5. The lowest BCUT2D eigenvalue weighted by Gasteiger charge is -2.12. The van der Waals surface area contributed by atoms with Crippen LogP contribution < -0.4 is 14.8 Å². The number of amides is 1. The van der Waals surface area contributed by atoms with Gasteiger partial charge in [-0.1, -0.05) is 17.7 Å². The quantitative estimate of drug-likeness (QED) is 0.429. The van der Waals surface area contributed by atoms with Gasteiger partial charge in [-0.25, -0.2) is 0 Å². The van der Waals surface area contributed by atoms with Gasteiger partial charge in [-0.2, -0.15) is 0 Å². The zero-order valence-corrected chi connectivity index (χ0v) is 18.1. The molecule has 0 bridgehead atoms. The van der Waals surface area contributed by atoms with E-state index in [2.05, 4.69) is 10.3 Å². The molecule has 1 unspecified atom stereocenters. The number of carbonyl (C=O) groups excluding carboxylic acids is 2. The van der Waals surface area contributed by atoms with Crippen molar-refractivity contribution in [3.05, 3.63) is 82.6 Å². The molecule has 0 saturated heterocycles. The van der Waals surface area contributed by atoms with Gasteiger partial charge in [-0.3, -0.25) is 14.6 Å². The third-order valence-corrected chi connectivity index (χ3v) is 5.42. The van der Waals surface area contributed by atoms with E-state index in [1.807, 2.05) is 18.2 Å². The maximum atomic E-state index is 12.1. The van der Waals surface area contributed by atoms with Crippen LogP contribution in [0.1, 0.15) is 21.5 Å². The van der Waals surface area contributed by atoms with Crippen LogP contribution in [0, 0.1) is 0 Å². The van der Waals surface area contributed by atoms with Crippen LogP contribution in [-0.2, 0) is 11.2 Å². The van der Waals surface area contributed by atoms with E-state index < -0.39 is 0 Å². The Morgan fingerprint density at radius 1 is 1.28 bits per heavy atom. The fourth-order valence-electron chi connectivity index (χ4n) is 3.60. The average molecular weight is 449 g/mol. The number of aromatic nitrogens is 1. The number of nitrogens with one attached hydrogen (secondary N) is 1. The van der Waals surface area contributed by atoms with Gasteiger partial charge in [0.2, 0.25) is 5.91 Å². The molecular formula is C25H21ClN2O4. The Morgan fingerprint density at radius 3 is 2.91 bits per heavy atom. The molecule has 0 radical (unpaired) electrons. The molecule has 1 aliphatic heterocycles. The summed E-state index contributed by atoms with van der Waals surface area (Å²) < 4.78 is 11.4. The predicted molar refractivity (Wildman–Crippen MR) is 123 cm³/mol. The molecule has 6 nitrogen and oxygen atoms in total. The van der Waals surface area contributed by atoms with Crippen molar-refractivity contribution in [2.24, 2.45) is 0 Å². The SMILES string of the molecule is COc1ccc(C=O)cc1-c1cc(Cl)c2c(c1)CC(CNC(=O)/C=C/c1cccnc1)O2. The van der Waals surface area contributed by atoms with E-state index in [-0.39, 0.29) is 12.0 Å². The summed E-state index contributed by atoms with van der Waals surface area (Å²) in [5.41, 5.74) is 3.95. The third kappa shape index (κ3) is 4.81. The summed E-state index contributed by atoms with van der Waals surface area (Å²) in [6.07, 6.45) is 7.70. The van der Waals surface area contributed by atoms with Crippen LogP contribution in [0.3, 0.4) is 0 Å². The Kier molecular flexibility index (Phi) is 6.52. The second kappa shape index (κ2) is 9.66. The average Bonchev–Trinajstić information content (AvgIpc) is 3.25. The number of carbonyl (C=O) groups is 2. The normalized spacial score (nSPS) is 14.6. The first-order valence-corrected chi connectivity index (χ1v) is 10.4. The maximum Gasteiger partial charge on any atom is 0.244 e. The van der Waals surface area contributed by atoms with E-state index in [0.717, 1.165) is 28.5 Å². The minimum atomic E-state index is -0.225. The lowest BCUT2D eigenvalue weighted by atomic mass is 9.98. The number of halogens is 1. The summed E-state index contributed by atoms with van der Waals surface area (Å²) in [5.74, 6) is 1.05. The van der Waals surface area contributed by atoms with Crippen LogP contribution in [0.2, 0.25) is 5.02 Å². The van der Waals surface area contributed by atoms with Crippen molar-refractivity contribution in [2.75, 3.05) is 13.7 Å². The lowest BCUT2D eigenvalue weighted by molar-refractivity contribution is -0.116. The molecule has 162 valence electrons. The second-order valence-corrected chi connectivity index (χ2v) is 7.74. The fraction of sp³-hybridized carbons (Fsp3) is 0.160. The van der Waals surface area contributed by atoms with Gasteiger partial charge in [0, 0.05) is 41.6 Å². The lowest BCUT2D eigenvalue weighted by Crippen LogP contribution is -2.33. The monoisotopic (exact) mass is 448 g/mol. The summed E-state index contributed by atoms with van der Waals surface area (Å²) >= 11 is 6.50. The van der Waals surface area contributed by atoms with Gasteiger partial charge in [-0.15, -0.1) is 0 Å². The first kappa shape index (κ1) is 21.6. The Labute approximate surface area is 190 Å². The Morgan fingerprint density at radius 2 is 2.16 bits per heavy atom. The zero-order valence-electron chi connectivity index (χ0n) is 17.4. The highest BCUT2D eigenvalue weighted by atomic mass is 35.5. The van der Waals surface area contributed by atoms with Gasteiger partial charge in [-0.05, 0) is 53.6 Å². The Bertz CT molecular complexity index is 1180. The van der Waals surface area contributed by atoms with Crippen molar-refractivity contribution in [2.45, 2.75) is 12.5 Å². The molecule has 0 fully saturated rings. The number of benzene rings is 2. The largest absolute Gasteiger partial charge is 0.496 e. The number of aldehydes is 1. The first-order chi connectivity index (χ1) is 15.6. The van der Waals surface area contributed by atoms with Crippen molar-refractivity contribution >= 4 is 29.9 Å². The summed E-state index contributed by atoms with van der Waals surface area (Å²) in [7, 11) is 1.58. The minimum Gasteiger partial charge on any atom is -0.496 e. The van der Waals surface area contributed by atoms with E-state index in [1.165, 1.54) is 6.08 Å². The standard InChI is InChI=1S/C25H21ClN2O4/c1-31-23-6-4-17(15-29)9-21(23)18-10-19-11-20(32-25(19)22(26)12-18)14-28-24(30)7-5-16-3-2-8-27-13-16/h2-10,12-13,15,20H,11,14H2,1H3,(H,28,30)/b7-5+. The highest BCUT2D eigenvalue weighted by molar-refractivity contribution is 6.32. The highest BCUT2D eigenvalue weighted by Gasteiger charge is 2.26. The van der Waals surface area contributed by atoms with Crippen LogP contribution in [0.5, 0.6) is 11.5 Å². The summed E-state index contributed by atoms with van der Waals surface area (Å²) in [6, 6.07) is 12.7. The Hall–Kier alpha value is -3.64. The molecule has 1 N–H and O–H groups in total. The van der Waals surface area contributed by atoms with Gasteiger partial charge in [0.05, 0.1) is 18.7 Å². The molecular weight excluding hydrogens is 428 g/mol. The predicted octanol–water partition coefficient (Wildman–Crippen LogP) is 4.36. The highest BCUT2D eigenvalue weighted by Crippen LogP contribution is 2.41. The maximum absolute atomic E-state index is 12.1. The van der Waals surface area contributed by atoms with Gasteiger partial charge in [0.15, 0.2) is 0 Å². The van der Waals surface area contributed by atoms with Crippen LogP contribution in [0.4, 0.5) is 0 Å². The number of hydrogen-bond acceptors (Lipinski definition) is 5. The molecule has 7 heteroatoms. The van der Waals surface area contributed by atoms with E-state index in [0.29, 0.717) is 35.1 Å². The molecule has 2 aromatic carbocycles. The van der Waals surface area contributed by atoms with Gasteiger partial charge >= 0.3 is 0 Å². The molecule has 4 rings (SSSR count). The molecule has 32 heavy (non-hydrogen) atoms. The molecule has 1 aromatic heterocycles. The topological polar surface area (TPSA) is 77.5 Å². The summed E-state index contributed by atoms with van der Waals surface area (Å²) in [6.45, 7) is 0.348. The molecule has 3 aromatic rings. The summed E-state index contributed by atoms with van der Waals surface area (Å²) in [4.78, 5) is 27.4. The van der Waals surface area contributed by atoms with Gasteiger partial charge < -0.3 is 14.8 Å². The van der Waals surface area contributed by atoms with Crippen LogP contribution in [-0.4, -0.2) is 36.9 Å². The molecule has 0 aliphatic carbocycles. The van der Waals surface area contributed by atoms with Crippen molar-refractivity contribution in [1.29, 1.82) is 0 Å². The number of methoxy groups -OCH3 is 1. The molecule has 1 amide bonds. The fourth-order valence-corrected chi connectivity index (χ4v) is 3.88. The molecule has 1 atom stereocenters. The second-order valence-electron chi connectivity index (χ2n) is 7.33. The number of rotatable bonds is 7. The first-order valence-electron chi connectivity index (χ1n) is 10.1. The molecule has 0 spiro atoms. The number of pyridine rings is 1. The van der Waals surface area contributed by atoms with Crippen LogP contribution >= 0.6 is 11.6 Å². The number of hydrogen-bond donors (Lipinski definition) is 1. The molecule has 1 aliphatic rings. The van der Waals surface area contributed by atoms with Gasteiger partial charge in [0.25, 0.3) is 0 Å². The number of nitrogens with zero attached hydrogens (tertiary/aromatic N) is 1. The van der Waals surface area contributed by atoms with Crippen molar-refractivity contribution < 1.29 is 19.1 Å². The Balaban J connectivity index is 1.45. The smallest absolute Gasteiger partial charge is 0.244 e. The van der Waals surface area contributed by atoms with E-state index in [4.69, 9.17) is 21.1 Å². The molecule has 2 heterocycles. The number of fused-ring (bicyclic) bond motifs is 1. The van der Waals surface area contributed by atoms with E-state index >= 15 is 0 Å².